The molecule has 2 fully saturated rings. The van der Waals surface area contributed by atoms with Crippen LogP contribution in [0.4, 0.5) is 0 Å². The fourth-order valence-corrected chi connectivity index (χ4v) is 4.32. The Kier molecular flexibility index (Phi) is 4.33. The van der Waals surface area contributed by atoms with Crippen molar-refractivity contribution in [2.24, 2.45) is 5.92 Å². The van der Waals surface area contributed by atoms with Crippen molar-refractivity contribution < 1.29 is 9.59 Å². The summed E-state index contributed by atoms with van der Waals surface area (Å²) in [5.41, 5.74) is 0.783. The Hall–Kier alpha value is -1.30. The molecule has 2 aliphatic rings. The minimum Gasteiger partial charge on any atom is -0.334 e. The summed E-state index contributed by atoms with van der Waals surface area (Å²) >= 11 is 1.18. The Balaban J connectivity index is 1.80. The normalized spacial score (nSPS) is 26.3. The molecule has 21 heavy (non-hydrogen) atoms. The van der Waals surface area contributed by atoms with Crippen LogP contribution in [0.1, 0.15) is 60.8 Å². The van der Waals surface area contributed by atoms with Gasteiger partial charge in [-0.1, -0.05) is 17.8 Å². The lowest BCUT2D eigenvalue weighted by Crippen LogP contribution is -2.43. The summed E-state index contributed by atoms with van der Waals surface area (Å²) in [5.74, 6) is 0.433. The van der Waals surface area contributed by atoms with Crippen LogP contribution in [0, 0.1) is 5.92 Å². The quantitative estimate of drug-likeness (QED) is 0.860. The smallest absolute Gasteiger partial charge is 0.267 e. The molecule has 5 nitrogen and oxygen atoms in total. The molecule has 0 bridgehead atoms. The first-order valence-corrected chi connectivity index (χ1v) is 8.64. The van der Waals surface area contributed by atoms with Gasteiger partial charge in [0.05, 0.1) is 5.69 Å². The van der Waals surface area contributed by atoms with Gasteiger partial charge in [0, 0.05) is 24.9 Å². The van der Waals surface area contributed by atoms with Crippen LogP contribution >= 0.6 is 11.5 Å². The predicted molar refractivity (Wildman–Crippen MR) is 80.3 cm³/mol. The molecule has 6 heteroatoms. The number of amides is 1. The van der Waals surface area contributed by atoms with Gasteiger partial charge < -0.3 is 4.90 Å². The van der Waals surface area contributed by atoms with Crippen LogP contribution in [0.5, 0.6) is 0 Å². The summed E-state index contributed by atoms with van der Waals surface area (Å²) in [6.07, 6.45) is 6.41. The Bertz CT molecular complexity index is 543. The number of nitrogens with zero attached hydrogens (tertiary/aromatic N) is 3. The van der Waals surface area contributed by atoms with Crippen molar-refractivity contribution in [1.29, 1.82) is 0 Å². The standard InChI is InChI=1S/C15H21N3O2S/c1-2-11-14(21-17-16-11)15(20)18-9-5-7-12(18)10-6-3-4-8-13(10)19/h10,12H,2-9H2,1H3. The van der Waals surface area contributed by atoms with Crippen molar-refractivity contribution in [3.63, 3.8) is 0 Å². The third-order valence-electron chi connectivity index (χ3n) is 4.71. The molecule has 1 aliphatic carbocycles. The molecular formula is C15H21N3O2S. The lowest BCUT2D eigenvalue weighted by molar-refractivity contribution is -0.126. The Labute approximate surface area is 128 Å². The molecule has 114 valence electrons. The van der Waals surface area contributed by atoms with E-state index in [0.29, 0.717) is 17.1 Å². The van der Waals surface area contributed by atoms with E-state index in [4.69, 9.17) is 0 Å². The van der Waals surface area contributed by atoms with Crippen LogP contribution in [0.2, 0.25) is 0 Å². The molecule has 1 aromatic rings. The van der Waals surface area contributed by atoms with E-state index in [2.05, 4.69) is 9.59 Å². The van der Waals surface area contributed by atoms with E-state index in [1.807, 2.05) is 11.8 Å². The number of carbonyl (C=O) groups excluding carboxylic acids is 2. The van der Waals surface area contributed by atoms with E-state index in [-0.39, 0.29) is 17.9 Å². The topological polar surface area (TPSA) is 63.2 Å². The predicted octanol–water partition coefficient (Wildman–Crippen LogP) is 2.46. The first-order chi connectivity index (χ1) is 10.2. The van der Waals surface area contributed by atoms with E-state index in [9.17, 15) is 9.59 Å². The molecule has 1 saturated carbocycles. The van der Waals surface area contributed by atoms with Crippen LogP contribution in [0.15, 0.2) is 0 Å². The van der Waals surface area contributed by atoms with Crippen LogP contribution in [0.3, 0.4) is 0 Å². The van der Waals surface area contributed by atoms with E-state index in [1.54, 1.807) is 0 Å². The van der Waals surface area contributed by atoms with Gasteiger partial charge in [-0.3, -0.25) is 9.59 Å². The highest BCUT2D eigenvalue weighted by Gasteiger charge is 2.40. The van der Waals surface area contributed by atoms with Gasteiger partial charge in [-0.15, -0.1) is 5.10 Å². The highest BCUT2D eigenvalue weighted by Crippen LogP contribution is 2.33. The molecule has 1 aromatic heterocycles. The fourth-order valence-electron chi connectivity index (χ4n) is 3.61. The van der Waals surface area contributed by atoms with Crippen molar-refractivity contribution in [1.82, 2.24) is 14.5 Å². The SMILES string of the molecule is CCc1nnsc1C(=O)N1CCCC1C1CCCCC1=O. The van der Waals surface area contributed by atoms with Crippen LogP contribution in [-0.4, -0.2) is 38.8 Å². The number of Topliss-reactive ketones (excluding diaryl/α,β-unsaturated/α-hetero) is 1. The van der Waals surface area contributed by atoms with E-state index < -0.39 is 0 Å². The monoisotopic (exact) mass is 307 g/mol. The number of hydrogen-bond donors (Lipinski definition) is 0. The first kappa shape index (κ1) is 14.6. The summed E-state index contributed by atoms with van der Waals surface area (Å²) in [6.45, 7) is 2.74. The van der Waals surface area contributed by atoms with Gasteiger partial charge in [-0.25, -0.2) is 0 Å². The maximum absolute atomic E-state index is 12.8. The number of carbonyl (C=O) groups is 2. The summed E-state index contributed by atoms with van der Waals surface area (Å²) < 4.78 is 3.92. The molecule has 2 heterocycles. The molecule has 1 aliphatic heterocycles. The number of aromatic nitrogens is 2. The van der Waals surface area contributed by atoms with Crippen LogP contribution in [-0.2, 0) is 11.2 Å². The Morgan fingerprint density at radius 2 is 2.19 bits per heavy atom. The molecule has 1 amide bonds. The zero-order valence-corrected chi connectivity index (χ0v) is 13.2. The van der Waals surface area contributed by atoms with Gasteiger partial charge in [0.25, 0.3) is 5.91 Å². The van der Waals surface area contributed by atoms with Gasteiger partial charge in [0.15, 0.2) is 0 Å². The maximum atomic E-state index is 12.8. The van der Waals surface area contributed by atoms with Crippen molar-refractivity contribution in [3.8, 4) is 0 Å². The zero-order chi connectivity index (χ0) is 14.8. The molecule has 0 aromatic carbocycles. The van der Waals surface area contributed by atoms with Crippen molar-refractivity contribution in [2.45, 2.75) is 57.9 Å². The molecule has 3 rings (SSSR count). The Morgan fingerprint density at radius 3 is 2.95 bits per heavy atom. The van der Waals surface area contributed by atoms with Crippen molar-refractivity contribution in [3.05, 3.63) is 10.6 Å². The fraction of sp³-hybridized carbons (Fsp3) is 0.733. The average Bonchev–Trinajstić information content (AvgIpc) is 3.16. The van der Waals surface area contributed by atoms with Crippen LogP contribution in [0.25, 0.3) is 0 Å². The second-order valence-corrected chi connectivity index (χ2v) is 6.68. The summed E-state index contributed by atoms with van der Waals surface area (Å²) in [5, 5.41) is 4.03. The van der Waals surface area contributed by atoms with E-state index in [1.165, 1.54) is 11.5 Å². The van der Waals surface area contributed by atoms with Gasteiger partial charge >= 0.3 is 0 Å². The summed E-state index contributed by atoms with van der Waals surface area (Å²) in [4.78, 5) is 27.6. The number of ketones is 1. The molecule has 2 unspecified atom stereocenters. The van der Waals surface area contributed by atoms with Crippen LogP contribution < -0.4 is 0 Å². The molecule has 0 radical (unpaired) electrons. The van der Waals surface area contributed by atoms with E-state index in [0.717, 1.165) is 50.8 Å². The molecule has 0 spiro atoms. The average molecular weight is 307 g/mol. The van der Waals surface area contributed by atoms with Gasteiger partial charge in [-0.2, -0.15) is 0 Å². The molecule has 2 atom stereocenters. The Morgan fingerprint density at radius 1 is 1.33 bits per heavy atom. The lowest BCUT2D eigenvalue weighted by atomic mass is 9.82. The molecule has 1 saturated heterocycles. The summed E-state index contributed by atoms with van der Waals surface area (Å²) in [6, 6.07) is 0.0945. The third-order valence-corrected chi connectivity index (χ3v) is 5.47. The highest BCUT2D eigenvalue weighted by molar-refractivity contribution is 7.08. The first-order valence-electron chi connectivity index (χ1n) is 7.87. The van der Waals surface area contributed by atoms with Gasteiger partial charge in [0.1, 0.15) is 10.7 Å². The van der Waals surface area contributed by atoms with Gasteiger partial charge in [0.2, 0.25) is 0 Å². The number of aryl methyl sites for hydroxylation is 1. The number of likely N-dealkylation sites (tertiary alicyclic amines) is 1. The van der Waals surface area contributed by atoms with Crippen molar-refractivity contribution in [2.75, 3.05) is 6.54 Å². The summed E-state index contributed by atoms with van der Waals surface area (Å²) in [7, 11) is 0. The van der Waals surface area contributed by atoms with Gasteiger partial charge in [-0.05, 0) is 43.6 Å². The van der Waals surface area contributed by atoms with E-state index >= 15 is 0 Å². The largest absolute Gasteiger partial charge is 0.334 e. The number of hydrogen-bond acceptors (Lipinski definition) is 5. The molecular weight excluding hydrogens is 286 g/mol. The third kappa shape index (κ3) is 2.73. The highest BCUT2D eigenvalue weighted by atomic mass is 32.1. The minimum atomic E-state index is 0.0303. The van der Waals surface area contributed by atoms with Crippen molar-refractivity contribution >= 4 is 23.2 Å². The second-order valence-electron chi connectivity index (χ2n) is 5.93. The second kappa shape index (κ2) is 6.22. The number of rotatable bonds is 3. The maximum Gasteiger partial charge on any atom is 0.267 e. The molecule has 0 N–H and O–H groups in total. The minimum absolute atomic E-state index is 0.0303. The lowest BCUT2D eigenvalue weighted by Gasteiger charge is -2.32. The zero-order valence-electron chi connectivity index (χ0n) is 12.4.